The second-order valence-corrected chi connectivity index (χ2v) is 7.54. The molecule has 0 bridgehead atoms. The zero-order valence-corrected chi connectivity index (χ0v) is 18.1. The molecule has 1 aliphatic heterocycles. The minimum absolute atomic E-state index is 0.0644. The van der Waals surface area contributed by atoms with E-state index < -0.39 is 0 Å². The van der Waals surface area contributed by atoms with Gasteiger partial charge in [-0.15, -0.1) is 5.10 Å². The van der Waals surface area contributed by atoms with Gasteiger partial charge in [0.15, 0.2) is 0 Å². The minimum Gasteiger partial charge on any atom is -0.479 e. The zero-order valence-electron chi connectivity index (χ0n) is 18.1. The number of carbonyl (C=O) groups is 2. The second-order valence-electron chi connectivity index (χ2n) is 7.54. The molecular formula is C21H30N6O3. The fraction of sp³-hybridized carbons (Fsp3) is 0.476. The molecule has 1 saturated heterocycles. The molecule has 2 N–H and O–H groups in total. The maximum absolute atomic E-state index is 12.7. The van der Waals surface area contributed by atoms with Crippen LogP contribution < -0.4 is 15.4 Å². The molecule has 1 fully saturated rings. The maximum Gasteiger partial charge on any atom is 0.319 e. The summed E-state index contributed by atoms with van der Waals surface area (Å²) in [7, 11) is 3.28. The number of anilines is 1. The van der Waals surface area contributed by atoms with Crippen molar-refractivity contribution >= 4 is 17.6 Å². The molecule has 0 aliphatic carbocycles. The molecule has 2 aromatic rings. The molecule has 3 amide bonds. The number of methoxy groups -OCH3 is 1. The molecule has 9 heteroatoms. The lowest BCUT2D eigenvalue weighted by molar-refractivity contribution is 0.0636. The summed E-state index contributed by atoms with van der Waals surface area (Å²) in [6.07, 6.45) is 1.69. The van der Waals surface area contributed by atoms with Gasteiger partial charge in [-0.2, -0.15) is 0 Å². The molecule has 1 aliphatic rings. The first-order chi connectivity index (χ1) is 14.4. The van der Waals surface area contributed by atoms with Crippen molar-refractivity contribution in [2.24, 2.45) is 7.05 Å². The second kappa shape index (κ2) is 9.62. The van der Waals surface area contributed by atoms with Crippen LogP contribution in [0.4, 0.5) is 10.5 Å². The number of amides is 3. The Morgan fingerprint density at radius 2 is 1.87 bits per heavy atom. The largest absolute Gasteiger partial charge is 0.479 e. The summed E-state index contributed by atoms with van der Waals surface area (Å²) in [6, 6.07) is 5.64. The quantitative estimate of drug-likeness (QED) is 0.750. The summed E-state index contributed by atoms with van der Waals surface area (Å²) in [5, 5.41) is 9.90. The van der Waals surface area contributed by atoms with Gasteiger partial charge >= 0.3 is 6.03 Å². The van der Waals surface area contributed by atoms with Gasteiger partial charge in [0.25, 0.3) is 5.91 Å². The predicted octanol–water partition coefficient (Wildman–Crippen LogP) is 1.63. The Bertz CT molecular complexity index is 902. The van der Waals surface area contributed by atoms with Crippen molar-refractivity contribution in [1.29, 1.82) is 0 Å². The minimum atomic E-state index is -0.212. The van der Waals surface area contributed by atoms with Gasteiger partial charge in [-0.05, 0) is 37.1 Å². The molecule has 0 atom stereocenters. The summed E-state index contributed by atoms with van der Waals surface area (Å²) >= 11 is 0. The van der Waals surface area contributed by atoms with Gasteiger partial charge in [0.2, 0.25) is 5.88 Å². The smallest absolute Gasteiger partial charge is 0.319 e. The molecule has 2 heterocycles. The summed E-state index contributed by atoms with van der Waals surface area (Å²) in [5.41, 5.74) is 3.61. The van der Waals surface area contributed by atoms with Crippen molar-refractivity contribution < 1.29 is 14.3 Å². The van der Waals surface area contributed by atoms with Crippen LogP contribution >= 0.6 is 0 Å². The van der Waals surface area contributed by atoms with Crippen molar-refractivity contribution in [2.75, 3.05) is 51.7 Å². The van der Waals surface area contributed by atoms with Crippen LogP contribution in [-0.2, 0) is 7.05 Å². The number of aryl methyl sites for hydroxylation is 3. The Kier molecular flexibility index (Phi) is 6.94. The summed E-state index contributed by atoms with van der Waals surface area (Å²) in [5.74, 6) is 0.286. The lowest BCUT2D eigenvalue weighted by atomic mass is 10.1. The number of urea groups is 1. The third kappa shape index (κ3) is 5.29. The van der Waals surface area contributed by atoms with Crippen LogP contribution in [-0.4, -0.2) is 77.9 Å². The first kappa shape index (κ1) is 21.6. The van der Waals surface area contributed by atoms with Crippen molar-refractivity contribution in [3.05, 3.63) is 41.1 Å². The van der Waals surface area contributed by atoms with E-state index in [0.29, 0.717) is 31.1 Å². The first-order valence-corrected chi connectivity index (χ1v) is 10.1. The van der Waals surface area contributed by atoms with Gasteiger partial charge in [-0.3, -0.25) is 14.4 Å². The highest BCUT2D eigenvalue weighted by atomic mass is 16.5. The summed E-state index contributed by atoms with van der Waals surface area (Å²) in [4.78, 5) is 28.9. The highest BCUT2D eigenvalue weighted by molar-refractivity contribution is 5.96. The number of aromatic nitrogens is 2. The van der Waals surface area contributed by atoms with E-state index in [0.717, 1.165) is 30.9 Å². The summed E-state index contributed by atoms with van der Waals surface area (Å²) in [6.45, 7) is 8.12. The van der Waals surface area contributed by atoms with Crippen molar-refractivity contribution in [1.82, 2.24) is 24.9 Å². The van der Waals surface area contributed by atoms with Crippen LogP contribution in [0.25, 0.3) is 0 Å². The highest BCUT2D eigenvalue weighted by Crippen LogP contribution is 2.18. The van der Waals surface area contributed by atoms with E-state index >= 15 is 0 Å². The van der Waals surface area contributed by atoms with Crippen LogP contribution in [0.15, 0.2) is 24.4 Å². The van der Waals surface area contributed by atoms with E-state index in [2.05, 4.69) is 20.6 Å². The van der Waals surface area contributed by atoms with Crippen LogP contribution in [0.3, 0.4) is 0 Å². The Morgan fingerprint density at radius 3 is 2.53 bits per heavy atom. The van der Waals surface area contributed by atoms with Crippen LogP contribution in [0.2, 0.25) is 0 Å². The Labute approximate surface area is 177 Å². The summed E-state index contributed by atoms with van der Waals surface area (Å²) < 4.78 is 6.77. The number of benzene rings is 1. The van der Waals surface area contributed by atoms with Gasteiger partial charge in [0, 0.05) is 58.2 Å². The number of carbonyl (C=O) groups excluding carboxylic acids is 2. The molecule has 9 nitrogen and oxygen atoms in total. The van der Waals surface area contributed by atoms with E-state index in [4.69, 9.17) is 4.74 Å². The molecule has 0 spiro atoms. The number of rotatable bonds is 6. The van der Waals surface area contributed by atoms with E-state index in [1.165, 1.54) is 12.7 Å². The predicted molar refractivity (Wildman–Crippen MR) is 115 cm³/mol. The molecule has 0 unspecified atom stereocenters. The van der Waals surface area contributed by atoms with E-state index in [-0.39, 0.29) is 11.9 Å². The molecule has 1 aromatic heterocycles. The third-order valence-corrected chi connectivity index (χ3v) is 5.36. The average molecular weight is 415 g/mol. The van der Waals surface area contributed by atoms with Gasteiger partial charge < -0.3 is 20.3 Å². The SMILES string of the molecule is COc1nn(C)cc1C(=O)N1CCN(CCNC(=O)Nc2ccc(C)c(C)c2)CC1. The number of piperazine rings is 1. The maximum atomic E-state index is 12.7. The van der Waals surface area contributed by atoms with E-state index in [9.17, 15) is 9.59 Å². The highest BCUT2D eigenvalue weighted by Gasteiger charge is 2.26. The molecule has 0 saturated carbocycles. The van der Waals surface area contributed by atoms with Gasteiger partial charge in [0.1, 0.15) is 5.56 Å². The molecular weight excluding hydrogens is 384 g/mol. The van der Waals surface area contributed by atoms with Gasteiger partial charge in [-0.1, -0.05) is 6.07 Å². The standard InChI is InChI=1S/C21H30N6O3/c1-15-5-6-17(13-16(15)2)23-21(29)22-7-8-26-9-11-27(12-10-26)20(28)18-14-25(3)24-19(18)30-4/h5-6,13-14H,7-12H2,1-4H3,(H2,22,23,29). The number of hydrogen-bond donors (Lipinski definition) is 2. The average Bonchev–Trinajstić information content (AvgIpc) is 3.11. The monoisotopic (exact) mass is 414 g/mol. The molecule has 3 rings (SSSR count). The number of nitrogens with one attached hydrogen (secondary N) is 2. The van der Waals surface area contributed by atoms with E-state index in [1.807, 2.05) is 36.9 Å². The first-order valence-electron chi connectivity index (χ1n) is 10.1. The van der Waals surface area contributed by atoms with Gasteiger partial charge in [0.05, 0.1) is 7.11 Å². The normalized spacial score (nSPS) is 14.5. The third-order valence-electron chi connectivity index (χ3n) is 5.36. The van der Waals surface area contributed by atoms with Crippen LogP contribution in [0.1, 0.15) is 21.5 Å². The number of nitrogens with zero attached hydrogens (tertiary/aromatic N) is 4. The van der Waals surface area contributed by atoms with E-state index in [1.54, 1.807) is 17.9 Å². The molecule has 1 aromatic carbocycles. The molecule has 0 radical (unpaired) electrons. The Balaban J connectivity index is 1.40. The van der Waals surface area contributed by atoms with Crippen molar-refractivity contribution in [2.45, 2.75) is 13.8 Å². The topological polar surface area (TPSA) is 91.7 Å². The lowest BCUT2D eigenvalue weighted by Crippen LogP contribution is -2.50. The fourth-order valence-electron chi connectivity index (χ4n) is 3.43. The van der Waals surface area contributed by atoms with Crippen molar-refractivity contribution in [3.8, 4) is 5.88 Å². The fourth-order valence-corrected chi connectivity index (χ4v) is 3.43. The lowest BCUT2D eigenvalue weighted by Gasteiger charge is -2.34. The zero-order chi connectivity index (χ0) is 21.7. The number of hydrogen-bond acceptors (Lipinski definition) is 5. The Morgan fingerprint density at radius 1 is 1.13 bits per heavy atom. The van der Waals surface area contributed by atoms with Gasteiger partial charge in [-0.25, -0.2) is 4.79 Å². The Hall–Kier alpha value is -3.07. The van der Waals surface area contributed by atoms with Crippen LogP contribution in [0, 0.1) is 13.8 Å². The molecule has 30 heavy (non-hydrogen) atoms. The molecule has 162 valence electrons. The van der Waals surface area contributed by atoms with Crippen LogP contribution in [0.5, 0.6) is 5.88 Å². The van der Waals surface area contributed by atoms with Crippen molar-refractivity contribution in [3.63, 3.8) is 0 Å². The number of ether oxygens (including phenoxy) is 1.